The Bertz CT molecular complexity index is 2230. The molecule has 408 valence electrons. The zero-order chi connectivity index (χ0) is 54.2. The maximum absolute atomic E-state index is 13.8. The Hall–Kier alpha value is -7.03. The van der Waals surface area contributed by atoms with Crippen LogP contribution in [0.5, 0.6) is 0 Å². The number of unbranched alkanes of at least 4 members (excludes halogenated alkanes) is 1. The number of hydrogen-bond donors (Lipinski definition) is 11. The molecule has 1 aromatic carbocycles. The Labute approximate surface area is 427 Å². The fourth-order valence-electron chi connectivity index (χ4n) is 8.87. The van der Waals surface area contributed by atoms with Crippen LogP contribution in [0.25, 0.3) is 10.8 Å². The summed E-state index contributed by atoms with van der Waals surface area (Å²) in [7, 11) is 0. The number of benzene rings is 1. The number of carboxylic acid groups (broad SMARTS) is 6. The predicted molar refractivity (Wildman–Crippen MR) is 263 cm³/mol. The van der Waals surface area contributed by atoms with Gasteiger partial charge in [-0.1, -0.05) is 18.2 Å². The van der Waals surface area contributed by atoms with Gasteiger partial charge in [-0.15, -0.1) is 0 Å². The maximum atomic E-state index is 13.8. The topological polar surface area (TPSA) is 378 Å². The SMILES string of the molecule is O=C(O)CC[C@H](NC(=O)N[C@@H](CCCCNC(=O)[C@@H](Cc1ccc2cnccc2c1)NC(=O)C1CCC(CNC(=O)CN2CCN(CC(=O)O)CCN(CC(=O)O)CCN(CC(=O)O)CC2)CC1)C(=O)O)C(=O)O. The van der Waals surface area contributed by atoms with E-state index in [4.69, 9.17) is 5.11 Å². The molecule has 2 aromatic rings. The van der Waals surface area contributed by atoms with Crippen molar-refractivity contribution in [2.75, 3.05) is 91.6 Å². The number of aliphatic carboxylic acids is 6. The van der Waals surface area contributed by atoms with E-state index in [0.29, 0.717) is 45.3 Å². The quantitative estimate of drug-likeness (QED) is 0.0479. The summed E-state index contributed by atoms with van der Waals surface area (Å²) in [5, 5.41) is 71.1. The minimum absolute atomic E-state index is 0.0314. The minimum atomic E-state index is -1.55. The van der Waals surface area contributed by atoms with Gasteiger partial charge >= 0.3 is 41.8 Å². The Morgan fingerprint density at radius 1 is 0.568 bits per heavy atom. The third kappa shape index (κ3) is 22.4. The van der Waals surface area contributed by atoms with Crippen molar-refractivity contribution in [2.24, 2.45) is 11.8 Å². The summed E-state index contributed by atoms with van der Waals surface area (Å²) < 4.78 is 0. The van der Waals surface area contributed by atoms with Crippen LogP contribution in [0, 0.1) is 11.8 Å². The lowest BCUT2D eigenvalue weighted by Crippen LogP contribution is -2.51. The number of pyridine rings is 1. The van der Waals surface area contributed by atoms with Crippen molar-refractivity contribution in [2.45, 2.75) is 82.3 Å². The van der Waals surface area contributed by atoms with E-state index in [0.717, 1.165) is 16.3 Å². The molecule has 2 aliphatic rings. The Balaban J connectivity index is 1.30. The number of aromatic nitrogens is 1. The van der Waals surface area contributed by atoms with Crippen LogP contribution >= 0.6 is 0 Å². The Morgan fingerprint density at radius 3 is 1.61 bits per heavy atom. The monoisotopic (exact) mass is 1040 g/mol. The molecule has 2 heterocycles. The number of nitrogens with one attached hydrogen (secondary N) is 5. The molecule has 2 fully saturated rings. The standard InChI is InChI=1S/C48H70N10O16/c59-39(27-55-15-17-56(28-41(62)63)19-21-58(30-43(66)67)22-20-57(18-16-55)29-42(64)65)51-25-31-4-7-33(8-5-31)44(68)52-38(24-32-6-9-35-26-49-14-12-34(35)23-32)45(69)50-13-2-1-3-36(46(70)71)53-48(74)54-37(47(72)73)10-11-40(60)61/h6,9,12,14,23,26,31,33,36-38H,1-5,7-8,10-11,13,15-22,24-25,27-30H2,(H,50,69)(H,51,59)(H,52,68)(H,60,61)(H,62,63)(H,64,65)(H,66,67)(H,70,71)(H,72,73)(H2,53,54,74)/t31?,33?,36-,37-,38+/m0/s1. The van der Waals surface area contributed by atoms with E-state index < -0.39 is 84.6 Å². The second-order valence-corrected chi connectivity index (χ2v) is 18.7. The van der Waals surface area contributed by atoms with E-state index in [1.165, 1.54) is 0 Å². The van der Waals surface area contributed by atoms with Crippen LogP contribution in [0.3, 0.4) is 0 Å². The van der Waals surface area contributed by atoms with Crippen LogP contribution in [-0.2, 0) is 49.6 Å². The molecule has 26 heteroatoms. The molecular formula is C48H70N10O16. The average molecular weight is 1040 g/mol. The highest BCUT2D eigenvalue weighted by Crippen LogP contribution is 2.29. The van der Waals surface area contributed by atoms with Crippen LogP contribution in [0.4, 0.5) is 4.79 Å². The number of carbonyl (C=O) groups excluding carboxylic acids is 4. The molecule has 1 aliphatic carbocycles. The normalized spacial score (nSPS) is 18.8. The first-order chi connectivity index (χ1) is 35.2. The van der Waals surface area contributed by atoms with Gasteiger partial charge in [0, 0.05) is 102 Å². The second-order valence-electron chi connectivity index (χ2n) is 18.7. The molecule has 0 bridgehead atoms. The molecule has 1 aromatic heterocycles. The molecule has 11 N–H and O–H groups in total. The molecule has 5 amide bonds. The van der Waals surface area contributed by atoms with Crippen molar-refractivity contribution in [1.29, 1.82) is 0 Å². The molecule has 74 heavy (non-hydrogen) atoms. The van der Waals surface area contributed by atoms with Crippen molar-refractivity contribution in [1.82, 2.24) is 51.2 Å². The number of amides is 5. The van der Waals surface area contributed by atoms with Crippen LogP contribution in [0.2, 0.25) is 0 Å². The third-order valence-electron chi connectivity index (χ3n) is 13.0. The highest BCUT2D eigenvalue weighted by molar-refractivity contribution is 5.89. The van der Waals surface area contributed by atoms with Crippen molar-refractivity contribution in [3.63, 3.8) is 0 Å². The molecule has 0 spiro atoms. The van der Waals surface area contributed by atoms with Gasteiger partial charge in [0.15, 0.2) is 0 Å². The van der Waals surface area contributed by atoms with Crippen LogP contribution < -0.4 is 26.6 Å². The van der Waals surface area contributed by atoms with E-state index in [9.17, 15) is 73.5 Å². The number of carboxylic acids is 6. The average Bonchev–Trinajstić information content (AvgIpc) is 3.34. The minimum Gasteiger partial charge on any atom is -0.481 e. The van der Waals surface area contributed by atoms with Crippen molar-refractivity contribution < 1.29 is 78.6 Å². The fraction of sp³-hybridized carbons (Fsp3) is 0.604. The zero-order valence-corrected chi connectivity index (χ0v) is 41.3. The summed E-state index contributed by atoms with van der Waals surface area (Å²) in [6.07, 6.45) is 5.20. The zero-order valence-electron chi connectivity index (χ0n) is 41.3. The molecule has 26 nitrogen and oxygen atoms in total. The number of rotatable bonds is 27. The maximum Gasteiger partial charge on any atom is 0.326 e. The molecule has 1 aliphatic heterocycles. The summed E-state index contributed by atoms with van der Waals surface area (Å²) in [6, 6.07) is 2.40. The lowest BCUT2D eigenvalue weighted by molar-refractivity contribution is -0.141. The predicted octanol–water partition coefficient (Wildman–Crippen LogP) is -0.983. The van der Waals surface area contributed by atoms with E-state index in [1.807, 2.05) is 29.2 Å². The van der Waals surface area contributed by atoms with Crippen LogP contribution in [-0.4, -0.2) is 225 Å². The van der Waals surface area contributed by atoms with Gasteiger partial charge in [0.25, 0.3) is 0 Å². The summed E-state index contributed by atoms with van der Waals surface area (Å²) in [5.41, 5.74) is 0.776. The Morgan fingerprint density at radius 2 is 1.09 bits per heavy atom. The summed E-state index contributed by atoms with van der Waals surface area (Å²) in [5.74, 6) is -8.71. The second kappa shape index (κ2) is 30.9. The van der Waals surface area contributed by atoms with Crippen LogP contribution in [0.15, 0.2) is 36.7 Å². The van der Waals surface area contributed by atoms with Gasteiger partial charge in [0.05, 0.1) is 26.2 Å². The van der Waals surface area contributed by atoms with E-state index >= 15 is 0 Å². The Kier molecular flexibility index (Phi) is 24.8. The lowest BCUT2D eigenvalue weighted by atomic mass is 9.81. The molecule has 1 saturated heterocycles. The fourth-order valence-corrected chi connectivity index (χ4v) is 8.87. The van der Waals surface area contributed by atoms with Gasteiger partial charge in [0.2, 0.25) is 17.7 Å². The van der Waals surface area contributed by atoms with Crippen molar-refractivity contribution in [3.05, 3.63) is 42.2 Å². The number of fused-ring (bicyclic) bond motifs is 1. The van der Waals surface area contributed by atoms with Gasteiger partial charge in [0.1, 0.15) is 18.1 Å². The van der Waals surface area contributed by atoms with Crippen molar-refractivity contribution in [3.8, 4) is 0 Å². The molecule has 0 radical (unpaired) electrons. The first-order valence-corrected chi connectivity index (χ1v) is 24.7. The largest absolute Gasteiger partial charge is 0.481 e. The lowest BCUT2D eigenvalue weighted by Gasteiger charge is -2.33. The van der Waals surface area contributed by atoms with Crippen molar-refractivity contribution >= 4 is 70.3 Å². The first kappa shape index (κ1) is 59.5. The molecule has 0 unspecified atom stereocenters. The van der Waals surface area contributed by atoms with Gasteiger partial charge in [-0.3, -0.25) is 58.1 Å². The molecule has 3 atom stereocenters. The smallest absolute Gasteiger partial charge is 0.326 e. The number of hydrogen-bond acceptors (Lipinski definition) is 15. The van der Waals surface area contributed by atoms with Gasteiger partial charge in [-0.05, 0) is 74.3 Å². The van der Waals surface area contributed by atoms with E-state index in [1.54, 1.807) is 27.1 Å². The van der Waals surface area contributed by atoms with Gasteiger partial charge < -0.3 is 57.2 Å². The first-order valence-electron chi connectivity index (χ1n) is 24.7. The third-order valence-corrected chi connectivity index (χ3v) is 13.0. The number of urea groups is 1. The molecular weight excluding hydrogens is 973 g/mol. The molecule has 1 saturated carbocycles. The highest BCUT2D eigenvalue weighted by atomic mass is 16.4. The van der Waals surface area contributed by atoms with E-state index in [2.05, 4.69) is 31.6 Å². The van der Waals surface area contributed by atoms with E-state index in [-0.39, 0.29) is 115 Å². The highest BCUT2D eigenvalue weighted by Gasteiger charge is 2.31. The van der Waals surface area contributed by atoms with Gasteiger partial charge in [-0.2, -0.15) is 0 Å². The summed E-state index contributed by atoms with van der Waals surface area (Å²) in [4.78, 5) is 133. The number of carbonyl (C=O) groups is 10. The van der Waals surface area contributed by atoms with Gasteiger partial charge in [-0.25, -0.2) is 14.4 Å². The summed E-state index contributed by atoms with van der Waals surface area (Å²) >= 11 is 0. The van der Waals surface area contributed by atoms with Crippen LogP contribution in [0.1, 0.15) is 63.4 Å². The number of nitrogens with zero attached hydrogens (tertiary/aromatic N) is 5. The molecule has 4 rings (SSSR count). The summed E-state index contributed by atoms with van der Waals surface area (Å²) in [6.45, 7) is 1.69.